The summed E-state index contributed by atoms with van der Waals surface area (Å²) in [5.74, 6) is 0.815. The molecule has 3 aromatic rings. The van der Waals surface area contributed by atoms with Crippen molar-refractivity contribution in [1.29, 1.82) is 0 Å². The average Bonchev–Trinajstić information content (AvgIpc) is 3.19. The Morgan fingerprint density at radius 1 is 1.35 bits per heavy atom. The van der Waals surface area contributed by atoms with Gasteiger partial charge in [0.05, 0.1) is 5.69 Å². The second-order valence-electron chi connectivity index (χ2n) is 4.78. The third-order valence-corrected chi connectivity index (χ3v) is 4.91. The van der Waals surface area contributed by atoms with E-state index in [0.29, 0.717) is 5.13 Å². The molecular formula is C16H15N3O2S2. The Kier molecular flexibility index (Phi) is 5.09. The van der Waals surface area contributed by atoms with Crippen LogP contribution in [-0.4, -0.2) is 21.8 Å². The van der Waals surface area contributed by atoms with Gasteiger partial charge in [0.15, 0.2) is 5.13 Å². The number of carbonyl (C=O) groups excluding carboxylic acids is 1. The fourth-order valence-electron chi connectivity index (χ4n) is 2.09. The minimum atomic E-state index is -0.305. The second-order valence-corrected chi connectivity index (χ2v) is 6.84. The van der Waals surface area contributed by atoms with Gasteiger partial charge in [0.2, 0.25) is 5.76 Å². The lowest BCUT2D eigenvalue weighted by Crippen LogP contribution is -2.13. The van der Waals surface area contributed by atoms with Crippen molar-refractivity contribution in [2.24, 2.45) is 0 Å². The zero-order valence-electron chi connectivity index (χ0n) is 12.5. The number of anilines is 1. The van der Waals surface area contributed by atoms with E-state index < -0.39 is 0 Å². The van der Waals surface area contributed by atoms with E-state index in [4.69, 9.17) is 4.52 Å². The number of aromatic nitrogens is 2. The van der Waals surface area contributed by atoms with E-state index in [1.807, 2.05) is 25.1 Å². The quantitative estimate of drug-likeness (QED) is 0.683. The van der Waals surface area contributed by atoms with Crippen molar-refractivity contribution in [2.45, 2.75) is 18.2 Å². The maximum absolute atomic E-state index is 12.3. The van der Waals surface area contributed by atoms with Gasteiger partial charge < -0.3 is 4.52 Å². The number of nitrogens with zero attached hydrogens (tertiary/aromatic N) is 2. The lowest BCUT2D eigenvalue weighted by Gasteiger charge is -2.03. The Hall–Kier alpha value is -2.12. The molecule has 0 bridgehead atoms. The van der Waals surface area contributed by atoms with Crippen LogP contribution < -0.4 is 5.32 Å². The lowest BCUT2D eigenvalue weighted by atomic mass is 10.1. The van der Waals surface area contributed by atoms with Crippen LogP contribution in [0.2, 0.25) is 0 Å². The van der Waals surface area contributed by atoms with Crippen LogP contribution in [0, 0.1) is 6.92 Å². The number of carbonyl (C=O) groups is 1. The van der Waals surface area contributed by atoms with Crippen molar-refractivity contribution in [3.8, 4) is 0 Å². The lowest BCUT2D eigenvalue weighted by molar-refractivity contribution is 0.0986. The minimum absolute atomic E-state index is 0.270. The molecule has 0 unspecified atom stereocenters. The van der Waals surface area contributed by atoms with Crippen LogP contribution in [0.1, 0.15) is 21.8 Å². The summed E-state index contributed by atoms with van der Waals surface area (Å²) in [5, 5.41) is 9.01. The van der Waals surface area contributed by atoms with Crippen LogP contribution in [0.15, 0.2) is 51.3 Å². The van der Waals surface area contributed by atoms with E-state index in [1.165, 1.54) is 16.2 Å². The highest BCUT2D eigenvalue weighted by atomic mass is 32.2. The summed E-state index contributed by atoms with van der Waals surface area (Å²) in [6, 6.07) is 10.2. The number of thiazole rings is 1. The molecule has 118 valence electrons. The maximum Gasteiger partial charge on any atom is 0.296 e. The highest BCUT2D eigenvalue weighted by Gasteiger charge is 2.20. The van der Waals surface area contributed by atoms with Gasteiger partial charge in [-0.3, -0.25) is 10.1 Å². The van der Waals surface area contributed by atoms with E-state index in [2.05, 4.69) is 27.6 Å². The molecule has 1 amide bonds. The number of rotatable bonds is 6. The molecule has 1 aromatic carbocycles. The van der Waals surface area contributed by atoms with Gasteiger partial charge in [-0.2, -0.15) is 0 Å². The van der Waals surface area contributed by atoms with Gasteiger partial charge >= 0.3 is 0 Å². The second kappa shape index (κ2) is 7.43. The molecule has 3 rings (SSSR count). The number of aryl methyl sites for hydroxylation is 1. The van der Waals surface area contributed by atoms with Gasteiger partial charge in [-0.15, -0.1) is 23.1 Å². The molecule has 0 saturated carbocycles. The Labute approximate surface area is 142 Å². The molecule has 0 radical (unpaired) electrons. The van der Waals surface area contributed by atoms with Crippen molar-refractivity contribution >= 4 is 34.1 Å². The molecule has 1 N–H and O–H groups in total. The largest absolute Gasteiger partial charge is 0.350 e. The van der Waals surface area contributed by atoms with E-state index in [1.54, 1.807) is 23.3 Å². The number of hydrogen-bond acceptors (Lipinski definition) is 6. The van der Waals surface area contributed by atoms with Gasteiger partial charge in [-0.1, -0.05) is 23.4 Å². The fraction of sp³-hybridized carbons (Fsp3) is 0.188. The summed E-state index contributed by atoms with van der Waals surface area (Å²) < 4.78 is 5.21. The average molecular weight is 345 g/mol. The van der Waals surface area contributed by atoms with Gasteiger partial charge in [-0.25, -0.2) is 4.98 Å². The summed E-state index contributed by atoms with van der Waals surface area (Å²) in [7, 11) is 0. The molecule has 2 aromatic heterocycles. The van der Waals surface area contributed by atoms with Crippen LogP contribution in [0.25, 0.3) is 0 Å². The molecule has 0 spiro atoms. The van der Waals surface area contributed by atoms with E-state index in [0.717, 1.165) is 23.4 Å². The number of nitrogens with one attached hydrogen (secondary N) is 1. The molecule has 0 fully saturated rings. The van der Waals surface area contributed by atoms with Crippen molar-refractivity contribution in [3.05, 3.63) is 58.9 Å². The summed E-state index contributed by atoms with van der Waals surface area (Å²) in [5.41, 5.74) is 1.60. The molecule has 0 atom stereocenters. The van der Waals surface area contributed by atoms with E-state index in [-0.39, 0.29) is 11.7 Å². The highest BCUT2D eigenvalue weighted by Crippen LogP contribution is 2.22. The first-order valence-electron chi connectivity index (χ1n) is 7.08. The molecule has 7 heteroatoms. The fourth-order valence-corrected chi connectivity index (χ4v) is 3.50. The van der Waals surface area contributed by atoms with Gasteiger partial charge in [0, 0.05) is 27.8 Å². The molecule has 0 saturated heterocycles. The van der Waals surface area contributed by atoms with Crippen molar-refractivity contribution in [2.75, 3.05) is 11.1 Å². The molecule has 2 heterocycles. The maximum atomic E-state index is 12.3. The summed E-state index contributed by atoms with van der Waals surface area (Å²) >= 11 is 3.11. The predicted octanol–water partition coefficient (Wildman–Crippen LogP) is 4.03. The van der Waals surface area contributed by atoms with Gasteiger partial charge in [0.25, 0.3) is 5.91 Å². The molecule has 23 heavy (non-hydrogen) atoms. The number of amides is 1. The third kappa shape index (κ3) is 4.00. The van der Waals surface area contributed by atoms with E-state index in [9.17, 15) is 4.79 Å². The zero-order valence-corrected chi connectivity index (χ0v) is 14.1. The highest BCUT2D eigenvalue weighted by molar-refractivity contribution is 7.99. The van der Waals surface area contributed by atoms with Crippen LogP contribution in [0.4, 0.5) is 5.13 Å². The number of hydrogen-bond donors (Lipinski definition) is 1. The molecule has 0 aliphatic heterocycles. The monoisotopic (exact) mass is 345 g/mol. The van der Waals surface area contributed by atoms with Crippen LogP contribution in [0.5, 0.6) is 0 Å². The summed E-state index contributed by atoms with van der Waals surface area (Å²) in [4.78, 5) is 17.5. The van der Waals surface area contributed by atoms with Crippen molar-refractivity contribution < 1.29 is 9.32 Å². The summed E-state index contributed by atoms with van der Waals surface area (Å²) in [6.45, 7) is 1.85. The number of thioether (sulfide) groups is 1. The van der Waals surface area contributed by atoms with Crippen LogP contribution in [-0.2, 0) is 6.42 Å². The minimum Gasteiger partial charge on any atom is -0.350 e. The van der Waals surface area contributed by atoms with Crippen LogP contribution in [0.3, 0.4) is 0 Å². The van der Waals surface area contributed by atoms with E-state index >= 15 is 0 Å². The first-order chi connectivity index (χ1) is 11.2. The van der Waals surface area contributed by atoms with Gasteiger partial charge in [0.1, 0.15) is 0 Å². The third-order valence-electron chi connectivity index (χ3n) is 3.21. The molecule has 0 aliphatic carbocycles. The smallest absolute Gasteiger partial charge is 0.296 e. The normalized spacial score (nSPS) is 10.7. The van der Waals surface area contributed by atoms with Crippen molar-refractivity contribution in [1.82, 2.24) is 10.1 Å². The topological polar surface area (TPSA) is 68.0 Å². The first-order valence-corrected chi connectivity index (χ1v) is 8.94. The zero-order chi connectivity index (χ0) is 16.1. The molecule has 5 nitrogen and oxygen atoms in total. The van der Waals surface area contributed by atoms with Crippen LogP contribution >= 0.6 is 23.1 Å². The Bertz CT molecular complexity index is 770. The Morgan fingerprint density at radius 2 is 2.17 bits per heavy atom. The van der Waals surface area contributed by atoms with Crippen molar-refractivity contribution in [3.63, 3.8) is 0 Å². The predicted molar refractivity (Wildman–Crippen MR) is 92.2 cm³/mol. The SMILES string of the molecule is Cc1noc(C(=O)Nc2nccs2)c1CCSc1ccccc1. The molecular weight excluding hydrogens is 330 g/mol. The number of benzene rings is 1. The Morgan fingerprint density at radius 3 is 2.91 bits per heavy atom. The first kappa shape index (κ1) is 15.8. The Balaban J connectivity index is 1.65. The summed E-state index contributed by atoms with van der Waals surface area (Å²) in [6.07, 6.45) is 2.36. The molecule has 0 aliphatic rings. The standard InChI is InChI=1S/C16H15N3O2S2/c1-11-13(7-9-22-12-5-3-2-4-6-12)14(21-19-11)15(20)18-16-17-8-10-23-16/h2-6,8,10H,7,9H2,1H3,(H,17,18,20). The van der Waals surface area contributed by atoms with Gasteiger partial charge in [-0.05, 0) is 25.5 Å².